The summed E-state index contributed by atoms with van der Waals surface area (Å²) in [6.07, 6.45) is 4.93. The molecule has 1 aromatic carbocycles. The molecule has 0 amide bonds. The van der Waals surface area contributed by atoms with Gasteiger partial charge in [-0.1, -0.05) is 18.2 Å². The predicted octanol–water partition coefficient (Wildman–Crippen LogP) is 2.53. The van der Waals surface area contributed by atoms with Crippen LogP contribution < -0.4 is 5.73 Å². The molecule has 0 aliphatic carbocycles. The summed E-state index contributed by atoms with van der Waals surface area (Å²) in [4.78, 5) is 6.70. The Bertz CT molecular complexity index is 592. The van der Waals surface area contributed by atoms with Crippen LogP contribution in [0.4, 0.5) is 5.69 Å². The zero-order valence-electron chi connectivity index (χ0n) is 11.3. The lowest BCUT2D eigenvalue weighted by Crippen LogP contribution is -2.30. The van der Waals surface area contributed by atoms with E-state index in [9.17, 15) is 0 Å². The minimum absolute atomic E-state index is 0.921. The largest absolute Gasteiger partial charge is 0.398 e. The Labute approximate surface area is 114 Å². The molecule has 3 heteroatoms. The summed E-state index contributed by atoms with van der Waals surface area (Å²) >= 11 is 0. The molecule has 0 spiro atoms. The average Bonchev–Trinajstić information content (AvgIpc) is 2.40. The third-order valence-electron chi connectivity index (χ3n) is 3.73. The minimum atomic E-state index is 0.921. The molecule has 0 saturated carbocycles. The Kier molecular flexibility index (Phi) is 3.22. The maximum absolute atomic E-state index is 6.08. The molecule has 2 N–H and O–H groups in total. The molecule has 0 saturated heterocycles. The van der Waals surface area contributed by atoms with Crippen molar-refractivity contribution in [1.82, 2.24) is 9.88 Å². The molecule has 0 atom stereocenters. The molecule has 19 heavy (non-hydrogen) atoms. The quantitative estimate of drug-likeness (QED) is 0.836. The fraction of sp³-hybridized carbons (Fsp3) is 0.312. The van der Waals surface area contributed by atoms with Gasteiger partial charge in [0, 0.05) is 37.7 Å². The number of anilines is 1. The zero-order valence-corrected chi connectivity index (χ0v) is 11.3. The van der Waals surface area contributed by atoms with Crippen molar-refractivity contribution in [3.8, 4) is 0 Å². The number of pyridine rings is 1. The summed E-state index contributed by atoms with van der Waals surface area (Å²) in [6.45, 7) is 5.06. The average molecular weight is 253 g/mol. The zero-order chi connectivity index (χ0) is 13.2. The number of aromatic nitrogens is 1. The molecule has 1 aromatic heterocycles. The molecule has 0 fully saturated rings. The highest BCUT2D eigenvalue weighted by atomic mass is 15.1. The van der Waals surface area contributed by atoms with Crippen LogP contribution >= 0.6 is 0 Å². The number of nitrogens with zero attached hydrogens (tertiary/aromatic N) is 2. The van der Waals surface area contributed by atoms with Gasteiger partial charge in [-0.15, -0.1) is 0 Å². The smallest absolute Gasteiger partial charge is 0.0362 e. The molecule has 1 aliphatic rings. The second kappa shape index (κ2) is 5.02. The molecule has 98 valence electrons. The van der Waals surface area contributed by atoms with Crippen LogP contribution in [0.3, 0.4) is 0 Å². The van der Waals surface area contributed by atoms with Crippen LogP contribution in [0, 0.1) is 6.92 Å². The molecular weight excluding hydrogens is 234 g/mol. The van der Waals surface area contributed by atoms with Crippen molar-refractivity contribution in [2.45, 2.75) is 26.4 Å². The Morgan fingerprint density at radius 2 is 2.21 bits per heavy atom. The normalized spacial score (nSPS) is 15.2. The van der Waals surface area contributed by atoms with E-state index in [1.165, 1.54) is 22.3 Å². The summed E-state index contributed by atoms with van der Waals surface area (Å²) < 4.78 is 0. The first kappa shape index (κ1) is 12.2. The first-order chi connectivity index (χ1) is 9.22. The van der Waals surface area contributed by atoms with E-state index in [0.29, 0.717) is 0 Å². The second-order valence-corrected chi connectivity index (χ2v) is 5.32. The highest BCUT2D eigenvalue weighted by Crippen LogP contribution is 2.25. The van der Waals surface area contributed by atoms with Gasteiger partial charge in [0.2, 0.25) is 0 Å². The van der Waals surface area contributed by atoms with Gasteiger partial charge in [0.25, 0.3) is 0 Å². The van der Waals surface area contributed by atoms with E-state index in [-0.39, 0.29) is 0 Å². The van der Waals surface area contributed by atoms with Crippen LogP contribution in [-0.4, -0.2) is 16.4 Å². The number of benzene rings is 1. The van der Waals surface area contributed by atoms with Crippen molar-refractivity contribution in [3.05, 3.63) is 58.9 Å². The summed E-state index contributed by atoms with van der Waals surface area (Å²) in [7, 11) is 0. The molecular formula is C16H19N3. The van der Waals surface area contributed by atoms with Crippen LogP contribution in [-0.2, 0) is 19.5 Å². The van der Waals surface area contributed by atoms with Crippen LogP contribution in [0.25, 0.3) is 0 Å². The molecule has 2 heterocycles. The fourth-order valence-corrected chi connectivity index (χ4v) is 2.76. The van der Waals surface area contributed by atoms with Gasteiger partial charge in [-0.2, -0.15) is 0 Å². The molecule has 0 bridgehead atoms. The maximum Gasteiger partial charge on any atom is 0.0362 e. The summed E-state index contributed by atoms with van der Waals surface area (Å²) in [5.74, 6) is 0. The van der Waals surface area contributed by atoms with E-state index < -0.39 is 0 Å². The number of fused-ring (bicyclic) bond motifs is 1. The van der Waals surface area contributed by atoms with E-state index in [2.05, 4.69) is 28.9 Å². The molecule has 0 radical (unpaired) electrons. The number of hydrogen-bond acceptors (Lipinski definition) is 3. The lowest BCUT2D eigenvalue weighted by molar-refractivity contribution is 0.246. The van der Waals surface area contributed by atoms with Gasteiger partial charge in [-0.05, 0) is 41.7 Å². The standard InChI is InChI=1S/C16H19N3/c1-12-7-13(9-18-8-12)10-19-6-5-14-3-2-4-16(17)15(14)11-19/h2-4,7-9H,5-6,10-11,17H2,1H3. The SMILES string of the molecule is Cc1cncc(CN2CCc3cccc(N)c3C2)c1. The van der Waals surface area contributed by atoms with Crippen LogP contribution in [0.2, 0.25) is 0 Å². The summed E-state index contributed by atoms with van der Waals surface area (Å²) in [6, 6.07) is 8.44. The monoisotopic (exact) mass is 253 g/mol. The van der Waals surface area contributed by atoms with Gasteiger partial charge in [0.15, 0.2) is 0 Å². The first-order valence-corrected chi connectivity index (χ1v) is 6.71. The van der Waals surface area contributed by atoms with Crippen molar-refractivity contribution in [3.63, 3.8) is 0 Å². The Balaban J connectivity index is 1.77. The van der Waals surface area contributed by atoms with Crippen molar-refractivity contribution in [2.75, 3.05) is 12.3 Å². The van der Waals surface area contributed by atoms with Crippen LogP contribution in [0.15, 0.2) is 36.7 Å². The highest BCUT2D eigenvalue weighted by molar-refractivity contribution is 5.51. The van der Waals surface area contributed by atoms with E-state index >= 15 is 0 Å². The van der Waals surface area contributed by atoms with Gasteiger partial charge in [0.05, 0.1) is 0 Å². The molecule has 2 aromatic rings. The van der Waals surface area contributed by atoms with E-state index in [1.54, 1.807) is 0 Å². The molecule has 3 nitrogen and oxygen atoms in total. The third kappa shape index (κ3) is 2.61. The number of aryl methyl sites for hydroxylation is 1. The van der Waals surface area contributed by atoms with Gasteiger partial charge in [0.1, 0.15) is 0 Å². The third-order valence-corrected chi connectivity index (χ3v) is 3.73. The number of rotatable bonds is 2. The van der Waals surface area contributed by atoms with E-state index in [1.807, 2.05) is 24.5 Å². The van der Waals surface area contributed by atoms with Crippen molar-refractivity contribution in [1.29, 1.82) is 0 Å². The van der Waals surface area contributed by atoms with Crippen LogP contribution in [0.5, 0.6) is 0 Å². The Morgan fingerprint density at radius 3 is 3.05 bits per heavy atom. The van der Waals surface area contributed by atoms with Gasteiger partial charge >= 0.3 is 0 Å². The fourth-order valence-electron chi connectivity index (χ4n) is 2.76. The minimum Gasteiger partial charge on any atom is -0.398 e. The molecule has 0 unspecified atom stereocenters. The van der Waals surface area contributed by atoms with Gasteiger partial charge < -0.3 is 5.73 Å². The van der Waals surface area contributed by atoms with Crippen molar-refractivity contribution < 1.29 is 0 Å². The second-order valence-electron chi connectivity index (χ2n) is 5.32. The maximum atomic E-state index is 6.08. The lowest BCUT2D eigenvalue weighted by Gasteiger charge is -2.29. The topological polar surface area (TPSA) is 42.2 Å². The number of nitrogen functional groups attached to an aromatic ring is 1. The Hall–Kier alpha value is -1.87. The van der Waals surface area contributed by atoms with Gasteiger partial charge in [-0.3, -0.25) is 9.88 Å². The predicted molar refractivity (Wildman–Crippen MR) is 77.6 cm³/mol. The molecule has 1 aliphatic heterocycles. The van der Waals surface area contributed by atoms with E-state index in [0.717, 1.165) is 31.7 Å². The Morgan fingerprint density at radius 1 is 1.32 bits per heavy atom. The van der Waals surface area contributed by atoms with Crippen molar-refractivity contribution in [2.24, 2.45) is 0 Å². The number of hydrogen-bond donors (Lipinski definition) is 1. The summed E-state index contributed by atoms with van der Waals surface area (Å²) in [5.41, 5.74) is 12.2. The van der Waals surface area contributed by atoms with Crippen LogP contribution in [0.1, 0.15) is 22.3 Å². The number of nitrogens with two attached hydrogens (primary N) is 1. The first-order valence-electron chi connectivity index (χ1n) is 6.71. The van der Waals surface area contributed by atoms with Crippen molar-refractivity contribution >= 4 is 5.69 Å². The van der Waals surface area contributed by atoms with E-state index in [4.69, 9.17) is 5.73 Å². The van der Waals surface area contributed by atoms with Gasteiger partial charge in [-0.25, -0.2) is 0 Å². The highest BCUT2D eigenvalue weighted by Gasteiger charge is 2.18. The summed E-state index contributed by atoms with van der Waals surface area (Å²) in [5, 5.41) is 0. The molecule has 3 rings (SSSR count). The lowest BCUT2D eigenvalue weighted by atomic mass is 9.98.